The number of benzene rings is 3. The lowest BCUT2D eigenvalue weighted by molar-refractivity contribution is 0.0936. The molecule has 1 heterocycles. The van der Waals surface area contributed by atoms with Gasteiger partial charge in [0.05, 0.1) is 19.3 Å². The molecule has 1 aliphatic rings. The zero-order valence-electron chi connectivity index (χ0n) is 16.9. The predicted octanol–water partition coefficient (Wildman–Crippen LogP) is 5.01. The van der Waals surface area contributed by atoms with Crippen molar-refractivity contribution in [1.82, 2.24) is 5.32 Å². The lowest BCUT2D eigenvalue weighted by Gasteiger charge is -2.21. The van der Waals surface area contributed by atoms with E-state index in [1.165, 1.54) is 12.1 Å². The van der Waals surface area contributed by atoms with Crippen LogP contribution in [0.15, 0.2) is 66.7 Å². The highest BCUT2D eigenvalue weighted by atomic mass is 19.1. The zero-order valence-corrected chi connectivity index (χ0v) is 16.9. The van der Waals surface area contributed by atoms with Crippen LogP contribution in [-0.4, -0.2) is 19.1 Å². The molecule has 0 aliphatic carbocycles. The van der Waals surface area contributed by atoms with Gasteiger partial charge in [-0.3, -0.25) is 4.79 Å². The molecule has 1 N–H and O–H groups in total. The van der Waals surface area contributed by atoms with Gasteiger partial charge in [-0.1, -0.05) is 36.4 Å². The number of halogens is 1. The molecular weight excluding hydrogens is 381 g/mol. The molecule has 4 nitrogen and oxygen atoms in total. The number of carbonyl (C=O) groups is 1. The molecule has 1 atom stereocenters. The van der Waals surface area contributed by atoms with E-state index in [9.17, 15) is 9.18 Å². The molecular formula is C25H24FNO3. The fourth-order valence-electron chi connectivity index (χ4n) is 3.53. The molecule has 1 unspecified atom stereocenters. The third kappa shape index (κ3) is 4.62. The van der Waals surface area contributed by atoms with Crippen molar-refractivity contribution in [3.05, 3.63) is 94.8 Å². The number of hydrogen-bond acceptors (Lipinski definition) is 3. The van der Waals surface area contributed by atoms with Crippen molar-refractivity contribution >= 4 is 5.91 Å². The van der Waals surface area contributed by atoms with Crippen LogP contribution >= 0.6 is 0 Å². The second kappa shape index (κ2) is 8.99. The molecule has 4 rings (SSSR count). The number of ether oxygens (including phenoxy) is 2. The monoisotopic (exact) mass is 405 g/mol. The van der Waals surface area contributed by atoms with E-state index in [0.29, 0.717) is 36.5 Å². The maximum atomic E-state index is 13.6. The molecule has 0 fully saturated rings. The Morgan fingerprint density at radius 3 is 2.53 bits per heavy atom. The minimum atomic E-state index is -0.324. The molecule has 0 bridgehead atoms. The number of aryl methyl sites for hydroxylation is 1. The fraction of sp³-hybridized carbons (Fsp3) is 0.240. The molecule has 3 aromatic rings. The lowest BCUT2D eigenvalue weighted by atomic mass is 9.97. The van der Waals surface area contributed by atoms with Crippen LogP contribution < -0.4 is 14.8 Å². The number of rotatable bonds is 5. The van der Waals surface area contributed by atoms with Crippen molar-refractivity contribution in [3.8, 4) is 11.5 Å². The first-order valence-electron chi connectivity index (χ1n) is 10.1. The van der Waals surface area contributed by atoms with E-state index in [2.05, 4.69) is 5.32 Å². The van der Waals surface area contributed by atoms with Gasteiger partial charge in [0.15, 0.2) is 11.5 Å². The first kappa shape index (κ1) is 20.0. The van der Waals surface area contributed by atoms with Crippen LogP contribution in [0.5, 0.6) is 11.5 Å². The van der Waals surface area contributed by atoms with E-state index in [1.54, 1.807) is 13.0 Å². The van der Waals surface area contributed by atoms with Crippen LogP contribution in [0.3, 0.4) is 0 Å². The lowest BCUT2D eigenvalue weighted by Crippen LogP contribution is -2.30. The van der Waals surface area contributed by atoms with E-state index < -0.39 is 0 Å². The highest BCUT2D eigenvalue weighted by Gasteiger charge is 2.20. The topological polar surface area (TPSA) is 47.6 Å². The summed E-state index contributed by atoms with van der Waals surface area (Å²) >= 11 is 0. The predicted molar refractivity (Wildman–Crippen MR) is 114 cm³/mol. The molecule has 0 radical (unpaired) electrons. The second-order valence-electron chi connectivity index (χ2n) is 7.44. The molecule has 0 saturated heterocycles. The Morgan fingerprint density at radius 1 is 1.00 bits per heavy atom. The Kier molecular flexibility index (Phi) is 5.98. The smallest absolute Gasteiger partial charge is 0.251 e. The summed E-state index contributed by atoms with van der Waals surface area (Å²) in [6, 6.07) is 19.9. The van der Waals surface area contributed by atoms with Gasteiger partial charge in [-0.2, -0.15) is 0 Å². The van der Waals surface area contributed by atoms with Gasteiger partial charge < -0.3 is 14.8 Å². The first-order valence-corrected chi connectivity index (χ1v) is 10.1. The van der Waals surface area contributed by atoms with Crippen molar-refractivity contribution in [3.63, 3.8) is 0 Å². The van der Waals surface area contributed by atoms with Crippen molar-refractivity contribution in [2.75, 3.05) is 13.2 Å². The van der Waals surface area contributed by atoms with Gasteiger partial charge in [-0.05, 0) is 60.4 Å². The second-order valence-corrected chi connectivity index (χ2v) is 7.44. The third-order valence-corrected chi connectivity index (χ3v) is 5.18. The van der Waals surface area contributed by atoms with Crippen molar-refractivity contribution in [2.24, 2.45) is 0 Å². The number of nitrogens with one attached hydrogen (secondary N) is 1. The SMILES string of the molecule is Cc1cc(C(=O)NC(Cc2ccccc2)c2ccc3c(c2)OCCCO3)ccc1F. The summed E-state index contributed by atoms with van der Waals surface area (Å²) in [7, 11) is 0. The Hall–Kier alpha value is -3.34. The van der Waals surface area contributed by atoms with Gasteiger partial charge >= 0.3 is 0 Å². The third-order valence-electron chi connectivity index (χ3n) is 5.18. The summed E-state index contributed by atoms with van der Waals surface area (Å²) in [4.78, 5) is 12.9. The Morgan fingerprint density at radius 2 is 1.77 bits per heavy atom. The average Bonchev–Trinajstić information content (AvgIpc) is 3.00. The average molecular weight is 405 g/mol. The summed E-state index contributed by atoms with van der Waals surface area (Å²) < 4.78 is 25.2. The summed E-state index contributed by atoms with van der Waals surface area (Å²) in [6.45, 7) is 2.87. The number of fused-ring (bicyclic) bond motifs is 1. The molecule has 0 spiro atoms. The Balaban J connectivity index is 1.63. The maximum Gasteiger partial charge on any atom is 0.251 e. The summed E-state index contributed by atoms with van der Waals surface area (Å²) in [5, 5.41) is 3.11. The van der Waals surface area contributed by atoms with E-state index in [-0.39, 0.29) is 17.8 Å². The van der Waals surface area contributed by atoms with Gasteiger partial charge in [0.2, 0.25) is 0 Å². The van der Waals surface area contributed by atoms with E-state index in [4.69, 9.17) is 9.47 Å². The summed E-state index contributed by atoms with van der Waals surface area (Å²) in [5.74, 6) is 0.839. The molecule has 5 heteroatoms. The van der Waals surface area contributed by atoms with Gasteiger partial charge in [-0.25, -0.2) is 4.39 Å². The van der Waals surface area contributed by atoms with Crippen LogP contribution in [0.1, 0.15) is 39.5 Å². The largest absolute Gasteiger partial charge is 0.490 e. The fourth-order valence-corrected chi connectivity index (χ4v) is 3.53. The summed E-state index contributed by atoms with van der Waals surface area (Å²) in [5.41, 5.74) is 2.90. The van der Waals surface area contributed by atoms with Gasteiger partial charge in [-0.15, -0.1) is 0 Å². The molecule has 30 heavy (non-hydrogen) atoms. The van der Waals surface area contributed by atoms with Gasteiger partial charge in [0.25, 0.3) is 5.91 Å². The Labute approximate surface area is 175 Å². The van der Waals surface area contributed by atoms with E-state index in [1.807, 2.05) is 48.5 Å². The minimum Gasteiger partial charge on any atom is -0.490 e. The van der Waals surface area contributed by atoms with Crippen LogP contribution in [-0.2, 0) is 6.42 Å². The van der Waals surface area contributed by atoms with Crippen LogP contribution in [0.4, 0.5) is 4.39 Å². The molecule has 0 saturated carbocycles. The minimum absolute atomic E-state index is 0.244. The number of carbonyl (C=O) groups excluding carboxylic acids is 1. The molecule has 1 amide bonds. The van der Waals surface area contributed by atoms with Crippen LogP contribution in [0, 0.1) is 12.7 Å². The van der Waals surface area contributed by atoms with Gasteiger partial charge in [0.1, 0.15) is 5.82 Å². The number of amides is 1. The highest BCUT2D eigenvalue weighted by Crippen LogP contribution is 2.33. The zero-order chi connectivity index (χ0) is 20.9. The van der Waals surface area contributed by atoms with Crippen LogP contribution in [0.25, 0.3) is 0 Å². The molecule has 0 aromatic heterocycles. The molecule has 1 aliphatic heterocycles. The molecule has 3 aromatic carbocycles. The normalized spacial score (nSPS) is 13.9. The standard InChI is InChI=1S/C25H24FNO3/c1-17-14-20(8-10-21(17)26)25(28)27-22(15-18-6-3-2-4-7-18)19-9-11-23-24(16-19)30-13-5-12-29-23/h2-4,6-11,14,16,22H,5,12-13,15H2,1H3,(H,27,28). The van der Waals surface area contributed by atoms with Crippen molar-refractivity contribution < 1.29 is 18.7 Å². The van der Waals surface area contributed by atoms with Crippen molar-refractivity contribution in [2.45, 2.75) is 25.8 Å². The first-order chi connectivity index (χ1) is 14.6. The quantitative estimate of drug-likeness (QED) is 0.649. The van der Waals surface area contributed by atoms with Crippen LogP contribution in [0.2, 0.25) is 0 Å². The van der Waals surface area contributed by atoms with Gasteiger partial charge in [0, 0.05) is 12.0 Å². The Bertz CT molecular complexity index is 1040. The highest BCUT2D eigenvalue weighted by molar-refractivity contribution is 5.94. The van der Waals surface area contributed by atoms with E-state index in [0.717, 1.165) is 23.3 Å². The maximum absolute atomic E-state index is 13.6. The molecule has 154 valence electrons. The van der Waals surface area contributed by atoms with E-state index >= 15 is 0 Å². The number of hydrogen-bond donors (Lipinski definition) is 1. The van der Waals surface area contributed by atoms with Crippen molar-refractivity contribution in [1.29, 1.82) is 0 Å². The summed E-state index contributed by atoms with van der Waals surface area (Å²) in [6.07, 6.45) is 1.45.